The molecule has 8 heteroatoms. The van der Waals surface area contributed by atoms with Gasteiger partial charge in [-0.3, -0.25) is 10.1 Å². The highest BCUT2D eigenvalue weighted by Crippen LogP contribution is 2.21. The van der Waals surface area contributed by atoms with Crippen LogP contribution in [-0.2, 0) is 11.3 Å². The number of rotatable bonds is 6. The molecule has 1 aromatic heterocycles. The Morgan fingerprint density at radius 2 is 2.23 bits per heavy atom. The average molecular weight is 340 g/mol. The molecule has 0 spiro atoms. The number of nitrogens with one attached hydrogen (secondary N) is 1. The van der Waals surface area contributed by atoms with E-state index in [1.54, 1.807) is 24.3 Å². The Balaban J connectivity index is 1.94. The average Bonchev–Trinajstić information content (AvgIpc) is 2.91. The van der Waals surface area contributed by atoms with Gasteiger partial charge in [-0.2, -0.15) is 4.80 Å². The second kappa shape index (κ2) is 7.91. The molecule has 0 aliphatic heterocycles. The van der Waals surface area contributed by atoms with Gasteiger partial charge < -0.3 is 0 Å². The lowest BCUT2D eigenvalue weighted by molar-refractivity contribution is -0.111. The van der Waals surface area contributed by atoms with E-state index in [0.717, 1.165) is 12.8 Å². The first kappa shape index (κ1) is 16.5. The van der Waals surface area contributed by atoms with Crippen LogP contribution in [-0.4, -0.2) is 26.1 Å². The zero-order valence-electron chi connectivity index (χ0n) is 12.0. The van der Waals surface area contributed by atoms with Crippen molar-refractivity contribution in [3.05, 3.63) is 39.9 Å². The second-order valence-electron chi connectivity index (χ2n) is 4.55. The fourth-order valence-electron chi connectivity index (χ4n) is 1.64. The highest BCUT2D eigenvalue weighted by molar-refractivity contribution is 6.35. The summed E-state index contributed by atoms with van der Waals surface area (Å²) in [7, 11) is 0. The van der Waals surface area contributed by atoms with E-state index in [1.165, 1.54) is 10.9 Å². The summed E-state index contributed by atoms with van der Waals surface area (Å²) in [5.74, 6) is -0.186. The number of anilines is 1. The molecule has 0 saturated heterocycles. The van der Waals surface area contributed by atoms with Crippen LogP contribution in [0.2, 0.25) is 10.0 Å². The Bertz CT molecular complexity index is 684. The van der Waals surface area contributed by atoms with Crippen LogP contribution in [0.1, 0.15) is 25.3 Å². The van der Waals surface area contributed by atoms with Crippen molar-refractivity contribution in [2.45, 2.75) is 26.3 Å². The van der Waals surface area contributed by atoms with Crippen LogP contribution < -0.4 is 5.32 Å². The van der Waals surface area contributed by atoms with Gasteiger partial charge in [0.2, 0.25) is 0 Å². The first-order chi connectivity index (χ1) is 10.6. The van der Waals surface area contributed by atoms with E-state index < -0.39 is 0 Å². The monoisotopic (exact) mass is 339 g/mol. The molecular formula is C14H15Cl2N5O. The summed E-state index contributed by atoms with van der Waals surface area (Å²) in [5.41, 5.74) is 0.695. The minimum absolute atomic E-state index is 0.174. The molecule has 2 rings (SSSR count). The summed E-state index contributed by atoms with van der Waals surface area (Å²) in [5, 5.41) is 15.2. The summed E-state index contributed by atoms with van der Waals surface area (Å²) in [6.45, 7) is 2.75. The van der Waals surface area contributed by atoms with E-state index in [0.29, 0.717) is 22.2 Å². The van der Waals surface area contributed by atoms with Gasteiger partial charge >= 0.3 is 0 Å². The number of carbonyl (C=O) groups is 1. The fraction of sp³-hybridized carbons (Fsp3) is 0.286. The van der Waals surface area contributed by atoms with Gasteiger partial charge in [-0.05, 0) is 35.4 Å². The molecule has 0 fully saturated rings. The van der Waals surface area contributed by atoms with Gasteiger partial charge in [0.25, 0.3) is 11.9 Å². The predicted molar refractivity (Wildman–Crippen MR) is 86.9 cm³/mol. The van der Waals surface area contributed by atoms with E-state index in [-0.39, 0.29) is 11.9 Å². The lowest BCUT2D eigenvalue weighted by Gasteiger charge is -1.99. The van der Waals surface area contributed by atoms with Gasteiger partial charge in [0.1, 0.15) is 0 Å². The lowest BCUT2D eigenvalue weighted by atomic mass is 10.2. The summed E-state index contributed by atoms with van der Waals surface area (Å²) < 4.78 is 0. The van der Waals surface area contributed by atoms with E-state index >= 15 is 0 Å². The van der Waals surface area contributed by atoms with Gasteiger partial charge in [-0.25, -0.2) is 0 Å². The standard InChI is InChI=1S/C14H15Cl2N5O/c1-2-3-8-21-19-14(18-20-21)17-13(22)7-5-10-4-6-11(15)9-12(10)16/h4-7,9H,2-3,8H2,1H3,(H,17,19,22). The zero-order valence-corrected chi connectivity index (χ0v) is 13.5. The Labute approximate surface area is 138 Å². The van der Waals surface area contributed by atoms with Gasteiger partial charge in [0.15, 0.2) is 0 Å². The van der Waals surface area contributed by atoms with E-state index in [1.807, 2.05) is 0 Å². The Kier molecular flexibility index (Phi) is 5.91. The number of hydrogen-bond acceptors (Lipinski definition) is 4. The Morgan fingerprint density at radius 1 is 1.41 bits per heavy atom. The van der Waals surface area contributed by atoms with Crippen molar-refractivity contribution >= 4 is 41.1 Å². The maximum Gasteiger partial charge on any atom is 0.270 e. The van der Waals surface area contributed by atoms with Crippen molar-refractivity contribution in [1.29, 1.82) is 0 Å². The van der Waals surface area contributed by atoms with Crippen LogP contribution in [0.4, 0.5) is 5.95 Å². The molecule has 0 aliphatic carbocycles. The number of amides is 1. The van der Waals surface area contributed by atoms with Crippen LogP contribution in [0, 0.1) is 0 Å². The number of hydrogen-bond donors (Lipinski definition) is 1. The number of tetrazole rings is 1. The summed E-state index contributed by atoms with van der Waals surface area (Å²) in [6, 6.07) is 5.04. The predicted octanol–water partition coefficient (Wildman–Crippen LogP) is 3.43. The molecule has 0 bridgehead atoms. The molecule has 22 heavy (non-hydrogen) atoms. The smallest absolute Gasteiger partial charge is 0.270 e. The van der Waals surface area contributed by atoms with Crippen LogP contribution in [0.3, 0.4) is 0 Å². The third-order valence-electron chi connectivity index (χ3n) is 2.78. The molecule has 0 atom stereocenters. The zero-order chi connectivity index (χ0) is 15.9. The number of aromatic nitrogens is 4. The first-order valence-electron chi connectivity index (χ1n) is 6.80. The normalized spacial score (nSPS) is 11.0. The molecule has 0 radical (unpaired) electrons. The third-order valence-corrected chi connectivity index (χ3v) is 3.34. The topological polar surface area (TPSA) is 72.7 Å². The van der Waals surface area contributed by atoms with Crippen molar-refractivity contribution in [2.24, 2.45) is 0 Å². The van der Waals surface area contributed by atoms with Crippen molar-refractivity contribution in [2.75, 3.05) is 5.32 Å². The largest absolute Gasteiger partial charge is 0.288 e. The summed E-state index contributed by atoms with van der Waals surface area (Å²) in [4.78, 5) is 13.3. The van der Waals surface area contributed by atoms with E-state index in [4.69, 9.17) is 23.2 Å². The molecule has 1 heterocycles. The molecule has 1 aromatic carbocycles. The number of benzene rings is 1. The van der Waals surface area contributed by atoms with Crippen LogP contribution in [0.25, 0.3) is 6.08 Å². The number of halogens is 2. The molecule has 2 aromatic rings. The lowest BCUT2D eigenvalue weighted by Crippen LogP contribution is -2.10. The van der Waals surface area contributed by atoms with Crippen molar-refractivity contribution < 1.29 is 4.79 Å². The maximum absolute atomic E-state index is 11.8. The molecule has 1 amide bonds. The first-order valence-corrected chi connectivity index (χ1v) is 7.56. The molecule has 6 nitrogen and oxygen atoms in total. The maximum atomic E-state index is 11.8. The van der Waals surface area contributed by atoms with Crippen molar-refractivity contribution in [3.8, 4) is 0 Å². The van der Waals surface area contributed by atoms with Gasteiger partial charge in [0.05, 0.1) is 6.54 Å². The van der Waals surface area contributed by atoms with Crippen LogP contribution in [0.5, 0.6) is 0 Å². The molecular weight excluding hydrogens is 325 g/mol. The summed E-state index contributed by atoms with van der Waals surface area (Å²) in [6.07, 6.45) is 4.93. The Hall–Kier alpha value is -1.92. The highest BCUT2D eigenvalue weighted by atomic mass is 35.5. The van der Waals surface area contributed by atoms with Crippen molar-refractivity contribution in [3.63, 3.8) is 0 Å². The van der Waals surface area contributed by atoms with E-state index in [9.17, 15) is 4.79 Å². The quantitative estimate of drug-likeness (QED) is 0.818. The second-order valence-corrected chi connectivity index (χ2v) is 5.39. The molecule has 116 valence electrons. The van der Waals surface area contributed by atoms with Crippen LogP contribution >= 0.6 is 23.2 Å². The SMILES string of the molecule is CCCCn1nnc(NC(=O)C=Cc2ccc(Cl)cc2Cl)n1. The van der Waals surface area contributed by atoms with Crippen LogP contribution in [0.15, 0.2) is 24.3 Å². The molecule has 0 saturated carbocycles. The number of unbranched alkanes of at least 4 members (excludes halogenated alkanes) is 1. The molecule has 0 aliphatic rings. The fourth-order valence-corrected chi connectivity index (χ4v) is 2.11. The van der Waals surface area contributed by atoms with E-state index in [2.05, 4.69) is 27.7 Å². The highest BCUT2D eigenvalue weighted by Gasteiger charge is 2.05. The van der Waals surface area contributed by atoms with Gasteiger partial charge in [-0.15, -0.1) is 5.10 Å². The minimum atomic E-state index is -0.360. The third kappa shape index (κ3) is 4.82. The summed E-state index contributed by atoms with van der Waals surface area (Å²) >= 11 is 11.8. The molecule has 1 N–H and O–H groups in total. The number of carbonyl (C=O) groups excluding carboxylic acids is 1. The van der Waals surface area contributed by atoms with Gasteiger partial charge in [-0.1, -0.05) is 47.7 Å². The van der Waals surface area contributed by atoms with Crippen molar-refractivity contribution in [1.82, 2.24) is 20.2 Å². The number of nitrogens with zero attached hydrogens (tertiary/aromatic N) is 4. The molecule has 0 unspecified atom stereocenters. The minimum Gasteiger partial charge on any atom is -0.288 e. The number of aryl methyl sites for hydroxylation is 1. The Morgan fingerprint density at radius 3 is 2.95 bits per heavy atom. The van der Waals surface area contributed by atoms with Gasteiger partial charge in [0, 0.05) is 16.1 Å².